The minimum absolute atomic E-state index is 0.0664. The number of hydrogen-bond acceptors (Lipinski definition) is 5. The van der Waals surface area contributed by atoms with Crippen LogP contribution in [0.5, 0.6) is 17.2 Å². The summed E-state index contributed by atoms with van der Waals surface area (Å²) in [6.07, 6.45) is 0. The Kier molecular flexibility index (Phi) is 7.35. The Morgan fingerprint density at radius 2 is 1.28 bits per heavy atom. The van der Waals surface area contributed by atoms with E-state index in [1.54, 1.807) is 23.1 Å². The standard InChI is InChI=1S/C34H23Cl3N2O4/c35-25-5-1-20(2-6-25)23-14-28(38-29(15-23)22-4-10-32-33(17-22)42-12-11-41-32)21-3-9-31-30(16-21)39(34(40)19-43-31)18-24-13-26(36)7-8-27(24)37/h1-10,13-17H,11-12,18-19H2. The number of hydrogen-bond donors (Lipinski definition) is 0. The first-order valence-electron chi connectivity index (χ1n) is 13.6. The number of ether oxygens (including phenoxy) is 3. The van der Waals surface area contributed by atoms with Gasteiger partial charge in [-0.05, 0) is 95.6 Å². The van der Waals surface area contributed by atoms with Crippen LogP contribution in [0.1, 0.15) is 5.56 Å². The van der Waals surface area contributed by atoms with Crippen molar-refractivity contribution >= 4 is 46.4 Å². The van der Waals surface area contributed by atoms with Gasteiger partial charge in [0, 0.05) is 26.2 Å². The van der Waals surface area contributed by atoms with E-state index in [1.165, 1.54) is 0 Å². The van der Waals surface area contributed by atoms with Crippen molar-refractivity contribution in [2.45, 2.75) is 6.54 Å². The SMILES string of the molecule is O=C1COc2ccc(-c3cc(-c4ccc(Cl)cc4)cc(-c4ccc5c(c4)OCCO5)n3)cc2N1Cc1cc(Cl)ccc1Cl. The van der Waals surface area contributed by atoms with Gasteiger partial charge in [0.05, 0.1) is 23.6 Å². The number of nitrogens with zero attached hydrogens (tertiary/aromatic N) is 2. The van der Waals surface area contributed by atoms with Crippen LogP contribution in [-0.4, -0.2) is 30.7 Å². The highest BCUT2D eigenvalue weighted by Crippen LogP contribution is 2.40. The van der Waals surface area contributed by atoms with E-state index in [-0.39, 0.29) is 19.1 Å². The van der Waals surface area contributed by atoms with Crippen molar-refractivity contribution in [2.75, 3.05) is 24.7 Å². The second kappa shape index (κ2) is 11.5. The molecule has 4 aromatic carbocycles. The summed E-state index contributed by atoms with van der Waals surface area (Å²) >= 11 is 18.9. The van der Waals surface area contributed by atoms with Crippen LogP contribution in [0, 0.1) is 0 Å². The van der Waals surface area contributed by atoms with Crippen molar-refractivity contribution in [1.29, 1.82) is 0 Å². The molecule has 0 atom stereocenters. The van der Waals surface area contributed by atoms with Gasteiger partial charge in [-0.15, -0.1) is 0 Å². The molecule has 43 heavy (non-hydrogen) atoms. The maximum Gasteiger partial charge on any atom is 0.265 e. The Morgan fingerprint density at radius 3 is 2.05 bits per heavy atom. The van der Waals surface area contributed by atoms with Crippen LogP contribution in [0.3, 0.4) is 0 Å². The molecule has 0 saturated heterocycles. The normalized spacial score (nSPS) is 13.8. The zero-order valence-electron chi connectivity index (χ0n) is 22.6. The zero-order valence-corrected chi connectivity index (χ0v) is 24.9. The van der Waals surface area contributed by atoms with E-state index >= 15 is 0 Å². The van der Waals surface area contributed by atoms with Crippen molar-refractivity contribution < 1.29 is 19.0 Å². The lowest BCUT2D eigenvalue weighted by Crippen LogP contribution is -2.38. The van der Waals surface area contributed by atoms with Gasteiger partial charge in [-0.2, -0.15) is 0 Å². The second-order valence-corrected chi connectivity index (χ2v) is 11.5. The van der Waals surface area contributed by atoms with Gasteiger partial charge in [0.2, 0.25) is 0 Å². The molecule has 0 saturated carbocycles. The molecule has 1 amide bonds. The molecule has 3 heterocycles. The smallest absolute Gasteiger partial charge is 0.265 e. The molecule has 0 aliphatic carbocycles. The first kappa shape index (κ1) is 27.6. The van der Waals surface area contributed by atoms with Crippen LogP contribution in [0.25, 0.3) is 33.6 Å². The molecular weight excluding hydrogens is 607 g/mol. The maximum atomic E-state index is 13.1. The summed E-state index contributed by atoms with van der Waals surface area (Å²) in [6, 6.07) is 28.5. The fourth-order valence-corrected chi connectivity index (χ4v) is 5.71. The van der Waals surface area contributed by atoms with Gasteiger partial charge in [0.1, 0.15) is 19.0 Å². The van der Waals surface area contributed by atoms with Gasteiger partial charge in [0.15, 0.2) is 18.1 Å². The molecule has 1 aromatic heterocycles. The molecule has 0 unspecified atom stereocenters. The lowest BCUT2D eigenvalue weighted by molar-refractivity contribution is -0.121. The van der Waals surface area contributed by atoms with Crippen molar-refractivity contribution in [2.24, 2.45) is 0 Å². The minimum Gasteiger partial charge on any atom is -0.486 e. The predicted octanol–water partition coefficient (Wildman–Crippen LogP) is 8.74. The molecule has 0 fully saturated rings. The van der Waals surface area contributed by atoms with Crippen molar-refractivity contribution in [1.82, 2.24) is 4.98 Å². The molecule has 0 radical (unpaired) electrons. The molecule has 2 aliphatic rings. The first-order chi connectivity index (χ1) is 20.9. The molecule has 7 rings (SSSR count). The summed E-state index contributed by atoms with van der Waals surface area (Å²) in [7, 11) is 0. The number of rotatable bonds is 5. The summed E-state index contributed by atoms with van der Waals surface area (Å²) in [6.45, 7) is 1.19. The quantitative estimate of drug-likeness (QED) is 0.195. The fraction of sp³-hybridized carbons (Fsp3) is 0.118. The summed E-state index contributed by atoms with van der Waals surface area (Å²) in [5.74, 6) is 1.81. The Hall–Kier alpha value is -4.23. The van der Waals surface area contributed by atoms with E-state index in [2.05, 4.69) is 0 Å². The van der Waals surface area contributed by atoms with Gasteiger partial charge in [-0.1, -0.05) is 46.9 Å². The predicted molar refractivity (Wildman–Crippen MR) is 170 cm³/mol. The van der Waals surface area contributed by atoms with Gasteiger partial charge in [-0.25, -0.2) is 4.98 Å². The lowest BCUT2D eigenvalue weighted by atomic mass is 9.99. The largest absolute Gasteiger partial charge is 0.486 e. The molecule has 2 aliphatic heterocycles. The van der Waals surface area contributed by atoms with Crippen LogP contribution < -0.4 is 19.1 Å². The van der Waals surface area contributed by atoms with E-state index in [1.807, 2.05) is 72.8 Å². The van der Waals surface area contributed by atoms with Gasteiger partial charge < -0.3 is 19.1 Å². The summed E-state index contributed by atoms with van der Waals surface area (Å²) in [4.78, 5) is 19.8. The number of pyridine rings is 1. The highest BCUT2D eigenvalue weighted by Gasteiger charge is 2.27. The Morgan fingerprint density at radius 1 is 0.628 bits per heavy atom. The minimum atomic E-state index is -0.180. The number of anilines is 1. The third-order valence-corrected chi connectivity index (χ3v) is 8.23. The average Bonchev–Trinajstić information content (AvgIpc) is 3.03. The van der Waals surface area contributed by atoms with E-state index in [0.29, 0.717) is 51.2 Å². The lowest BCUT2D eigenvalue weighted by Gasteiger charge is -2.30. The molecule has 0 bridgehead atoms. The Labute approximate surface area is 263 Å². The number of aromatic nitrogens is 1. The fourth-order valence-electron chi connectivity index (χ4n) is 5.21. The van der Waals surface area contributed by atoms with Crippen LogP contribution in [-0.2, 0) is 11.3 Å². The van der Waals surface area contributed by atoms with Gasteiger partial charge in [-0.3, -0.25) is 4.79 Å². The molecule has 0 spiro atoms. The van der Waals surface area contributed by atoms with E-state index in [4.69, 9.17) is 54.0 Å². The van der Waals surface area contributed by atoms with Gasteiger partial charge in [0.25, 0.3) is 5.91 Å². The highest BCUT2D eigenvalue weighted by atomic mass is 35.5. The second-order valence-electron chi connectivity index (χ2n) is 10.2. The van der Waals surface area contributed by atoms with Crippen LogP contribution in [0.15, 0.2) is 91.0 Å². The van der Waals surface area contributed by atoms with Crippen molar-refractivity contribution in [3.63, 3.8) is 0 Å². The average molecular weight is 630 g/mol. The molecule has 0 N–H and O–H groups in total. The number of benzene rings is 4. The summed E-state index contributed by atoms with van der Waals surface area (Å²) in [5.41, 5.74) is 6.49. The third-order valence-electron chi connectivity index (χ3n) is 7.37. The van der Waals surface area contributed by atoms with Crippen molar-refractivity contribution in [3.05, 3.63) is 112 Å². The molecule has 214 valence electrons. The number of halogens is 3. The monoisotopic (exact) mass is 628 g/mol. The third kappa shape index (κ3) is 5.62. The molecule has 6 nitrogen and oxygen atoms in total. The first-order valence-corrected chi connectivity index (χ1v) is 14.7. The van der Waals surface area contributed by atoms with Crippen LogP contribution in [0.4, 0.5) is 5.69 Å². The maximum absolute atomic E-state index is 13.1. The Bertz CT molecular complexity index is 1880. The zero-order chi connectivity index (χ0) is 29.5. The van der Waals surface area contributed by atoms with E-state index < -0.39 is 0 Å². The van der Waals surface area contributed by atoms with Gasteiger partial charge >= 0.3 is 0 Å². The van der Waals surface area contributed by atoms with E-state index in [9.17, 15) is 4.79 Å². The topological polar surface area (TPSA) is 60.9 Å². The molecular formula is C34H23Cl3N2O4. The number of fused-ring (bicyclic) bond motifs is 2. The number of amides is 1. The van der Waals surface area contributed by atoms with Crippen molar-refractivity contribution in [3.8, 4) is 50.9 Å². The van der Waals surface area contributed by atoms with Crippen LogP contribution in [0.2, 0.25) is 15.1 Å². The summed E-state index contributed by atoms with van der Waals surface area (Å²) < 4.78 is 17.4. The van der Waals surface area contributed by atoms with Crippen LogP contribution >= 0.6 is 34.8 Å². The van der Waals surface area contributed by atoms with E-state index in [0.717, 1.165) is 39.2 Å². The Balaban J connectivity index is 1.34. The number of carbonyl (C=O) groups excluding carboxylic acids is 1. The molecule has 5 aromatic rings. The molecule has 9 heteroatoms. The number of carbonyl (C=O) groups is 1. The summed E-state index contributed by atoms with van der Waals surface area (Å²) in [5, 5.41) is 1.73. The highest BCUT2D eigenvalue weighted by molar-refractivity contribution is 6.33.